The highest BCUT2D eigenvalue weighted by Crippen LogP contribution is 2.25. The summed E-state index contributed by atoms with van der Waals surface area (Å²) in [7, 11) is 0. The Bertz CT molecular complexity index is 1230. The minimum atomic E-state index is 0.543. The highest BCUT2D eigenvalue weighted by atomic mass is 16.5. The molecule has 0 bridgehead atoms. The van der Waals surface area contributed by atoms with Gasteiger partial charge in [-0.1, -0.05) is 18.6 Å². The third-order valence-electron chi connectivity index (χ3n) is 6.23. The van der Waals surface area contributed by atoms with Gasteiger partial charge in [-0.2, -0.15) is 4.98 Å². The molecule has 34 heavy (non-hydrogen) atoms. The lowest BCUT2D eigenvalue weighted by molar-refractivity contribution is 0.205. The quantitative estimate of drug-likeness (QED) is 0.318. The van der Waals surface area contributed by atoms with Gasteiger partial charge >= 0.3 is 0 Å². The summed E-state index contributed by atoms with van der Waals surface area (Å²) in [5.41, 5.74) is 3.35. The third kappa shape index (κ3) is 5.94. The van der Waals surface area contributed by atoms with Crippen LogP contribution in [-0.4, -0.2) is 46.1 Å². The van der Waals surface area contributed by atoms with Gasteiger partial charge in [-0.3, -0.25) is 0 Å². The van der Waals surface area contributed by atoms with Crippen molar-refractivity contribution in [1.82, 2.24) is 19.9 Å². The maximum absolute atomic E-state index is 6.02. The molecule has 0 aliphatic carbocycles. The van der Waals surface area contributed by atoms with Crippen LogP contribution in [0, 0.1) is 6.92 Å². The lowest BCUT2D eigenvalue weighted by Gasteiger charge is -2.26. The van der Waals surface area contributed by atoms with Crippen LogP contribution in [-0.2, 0) is 6.42 Å². The molecule has 1 aliphatic heterocycles. The van der Waals surface area contributed by atoms with Crippen molar-refractivity contribution in [1.29, 1.82) is 0 Å². The summed E-state index contributed by atoms with van der Waals surface area (Å²) in [5.74, 6) is 2.93. The summed E-state index contributed by atoms with van der Waals surface area (Å²) in [6.07, 6.45) is 7.47. The molecule has 1 saturated heterocycles. The molecule has 176 valence electrons. The van der Waals surface area contributed by atoms with Crippen LogP contribution in [0.25, 0.3) is 10.9 Å². The number of aryl methyl sites for hydroxylation is 1. The Morgan fingerprint density at radius 1 is 0.971 bits per heavy atom. The number of ether oxygens (including phenoxy) is 2. The van der Waals surface area contributed by atoms with E-state index in [1.165, 1.54) is 32.4 Å². The number of piperidine rings is 1. The van der Waals surface area contributed by atoms with Crippen molar-refractivity contribution < 1.29 is 9.47 Å². The molecule has 1 aliphatic rings. The Morgan fingerprint density at radius 3 is 2.79 bits per heavy atom. The van der Waals surface area contributed by atoms with Crippen LogP contribution in [0.2, 0.25) is 0 Å². The topological polar surface area (TPSA) is 63.3 Å². The predicted molar refractivity (Wildman–Crippen MR) is 135 cm³/mol. The summed E-state index contributed by atoms with van der Waals surface area (Å²) in [6.45, 7) is 6.38. The van der Waals surface area contributed by atoms with E-state index in [2.05, 4.69) is 38.1 Å². The van der Waals surface area contributed by atoms with E-state index < -0.39 is 0 Å². The molecular formula is C28H32N4O2. The monoisotopic (exact) mass is 456 g/mol. The van der Waals surface area contributed by atoms with Crippen LogP contribution in [0.1, 0.15) is 42.8 Å². The standard InChI is InChI=1S/C28H32N4O2/c1-21-17-23-20-25(9-10-26(23)30-21)34-28-11-12-29-27(31-28)19-22-7-5-8-24(18-22)33-16-6-15-32-13-3-2-4-14-32/h5,7-12,17-18,20,30H,2-4,6,13-16,19H2,1H3. The average molecular weight is 457 g/mol. The summed E-state index contributed by atoms with van der Waals surface area (Å²) >= 11 is 0. The highest BCUT2D eigenvalue weighted by molar-refractivity contribution is 5.81. The average Bonchev–Trinajstić information content (AvgIpc) is 3.22. The molecule has 1 fully saturated rings. The van der Waals surface area contributed by atoms with Crippen LogP contribution >= 0.6 is 0 Å². The number of hydrogen-bond acceptors (Lipinski definition) is 5. The number of H-pyrrole nitrogens is 1. The van der Waals surface area contributed by atoms with E-state index in [1.807, 2.05) is 37.3 Å². The molecule has 4 aromatic rings. The van der Waals surface area contributed by atoms with Crippen LogP contribution in [0.4, 0.5) is 0 Å². The van der Waals surface area contributed by atoms with Gasteiger partial charge in [0, 0.05) is 41.8 Å². The molecule has 1 N–H and O–H groups in total. The fourth-order valence-electron chi connectivity index (χ4n) is 4.55. The first-order valence-electron chi connectivity index (χ1n) is 12.2. The molecule has 6 nitrogen and oxygen atoms in total. The van der Waals surface area contributed by atoms with Gasteiger partial charge in [0.05, 0.1) is 6.61 Å². The number of hydrogen-bond donors (Lipinski definition) is 1. The zero-order valence-electron chi connectivity index (χ0n) is 19.8. The molecule has 0 amide bonds. The number of rotatable bonds is 9. The first kappa shape index (κ1) is 22.4. The molecule has 3 heterocycles. The number of fused-ring (bicyclic) bond motifs is 1. The third-order valence-corrected chi connectivity index (χ3v) is 6.23. The summed E-state index contributed by atoms with van der Waals surface area (Å²) in [4.78, 5) is 14.9. The van der Waals surface area contributed by atoms with Gasteiger partial charge in [0.1, 0.15) is 17.3 Å². The zero-order valence-corrected chi connectivity index (χ0v) is 19.8. The molecule has 0 spiro atoms. The largest absolute Gasteiger partial charge is 0.494 e. The fourth-order valence-corrected chi connectivity index (χ4v) is 4.55. The maximum Gasteiger partial charge on any atom is 0.222 e. The summed E-state index contributed by atoms with van der Waals surface area (Å²) in [5, 5.41) is 1.12. The number of aromatic nitrogens is 3. The molecule has 0 radical (unpaired) electrons. The smallest absolute Gasteiger partial charge is 0.222 e. The second-order valence-electron chi connectivity index (χ2n) is 9.04. The van der Waals surface area contributed by atoms with Crippen LogP contribution in [0.3, 0.4) is 0 Å². The van der Waals surface area contributed by atoms with Crippen molar-refractivity contribution in [2.24, 2.45) is 0 Å². The second kappa shape index (κ2) is 10.7. The Morgan fingerprint density at radius 2 is 1.88 bits per heavy atom. The Balaban J connectivity index is 1.17. The van der Waals surface area contributed by atoms with Crippen molar-refractivity contribution in [3.05, 3.63) is 77.9 Å². The van der Waals surface area contributed by atoms with Crippen molar-refractivity contribution in [2.45, 2.75) is 39.0 Å². The fraction of sp³-hybridized carbons (Fsp3) is 0.357. The number of aromatic amines is 1. The zero-order chi connectivity index (χ0) is 23.2. The van der Waals surface area contributed by atoms with Gasteiger partial charge in [0.25, 0.3) is 0 Å². The van der Waals surface area contributed by atoms with Gasteiger partial charge in [-0.25, -0.2) is 4.98 Å². The van der Waals surface area contributed by atoms with Gasteiger partial charge in [0.2, 0.25) is 5.88 Å². The minimum absolute atomic E-state index is 0.543. The van der Waals surface area contributed by atoms with Crippen LogP contribution in [0.5, 0.6) is 17.4 Å². The van der Waals surface area contributed by atoms with E-state index in [0.717, 1.165) is 59.1 Å². The first-order valence-corrected chi connectivity index (χ1v) is 12.2. The van der Waals surface area contributed by atoms with Crippen molar-refractivity contribution in [3.8, 4) is 17.4 Å². The van der Waals surface area contributed by atoms with E-state index in [0.29, 0.717) is 12.3 Å². The maximum atomic E-state index is 6.02. The lowest BCUT2D eigenvalue weighted by Crippen LogP contribution is -2.31. The molecule has 0 saturated carbocycles. The first-order chi connectivity index (χ1) is 16.7. The van der Waals surface area contributed by atoms with E-state index in [4.69, 9.17) is 9.47 Å². The normalized spacial score (nSPS) is 14.4. The number of benzene rings is 2. The van der Waals surface area contributed by atoms with Crippen molar-refractivity contribution >= 4 is 10.9 Å². The summed E-state index contributed by atoms with van der Waals surface area (Å²) in [6, 6.07) is 18.1. The summed E-state index contributed by atoms with van der Waals surface area (Å²) < 4.78 is 12.0. The molecule has 0 unspecified atom stereocenters. The van der Waals surface area contributed by atoms with Gasteiger partial charge < -0.3 is 19.4 Å². The van der Waals surface area contributed by atoms with Crippen molar-refractivity contribution in [3.63, 3.8) is 0 Å². The molecule has 2 aromatic heterocycles. The molecule has 0 atom stereocenters. The Kier molecular flexibility index (Phi) is 7.05. The number of nitrogens with one attached hydrogen (secondary N) is 1. The van der Waals surface area contributed by atoms with E-state index >= 15 is 0 Å². The van der Waals surface area contributed by atoms with E-state index in [1.54, 1.807) is 12.3 Å². The lowest BCUT2D eigenvalue weighted by atomic mass is 10.1. The molecule has 5 rings (SSSR count). The van der Waals surface area contributed by atoms with Crippen LogP contribution < -0.4 is 9.47 Å². The van der Waals surface area contributed by atoms with Gasteiger partial charge in [-0.15, -0.1) is 0 Å². The highest BCUT2D eigenvalue weighted by Gasteiger charge is 2.10. The SMILES string of the molecule is Cc1cc2cc(Oc3ccnc(Cc4cccc(OCCCN5CCCCC5)c4)n3)ccc2[nH]1. The predicted octanol–water partition coefficient (Wildman–Crippen LogP) is 5.90. The van der Waals surface area contributed by atoms with Gasteiger partial charge in [0.15, 0.2) is 0 Å². The van der Waals surface area contributed by atoms with E-state index in [9.17, 15) is 0 Å². The molecule has 2 aromatic carbocycles. The van der Waals surface area contributed by atoms with Gasteiger partial charge in [-0.05, 0) is 81.2 Å². The molecular weight excluding hydrogens is 424 g/mol. The second-order valence-corrected chi connectivity index (χ2v) is 9.04. The minimum Gasteiger partial charge on any atom is -0.494 e. The Labute approximate surface area is 201 Å². The Hall–Kier alpha value is -3.38. The van der Waals surface area contributed by atoms with Crippen LogP contribution in [0.15, 0.2) is 60.8 Å². The van der Waals surface area contributed by atoms with Crippen molar-refractivity contribution in [2.75, 3.05) is 26.2 Å². The number of likely N-dealkylation sites (tertiary alicyclic amines) is 1. The van der Waals surface area contributed by atoms with E-state index in [-0.39, 0.29) is 0 Å². The number of nitrogens with zero attached hydrogens (tertiary/aromatic N) is 3. The molecule has 6 heteroatoms.